The molecule has 150 valence electrons. The molecule has 2 saturated carbocycles. The number of ether oxygens (including phenoxy) is 2. The summed E-state index contributed by atoms with van der Waals surface area (Å²) in [5.74, 6) is -0.914. The second kappa shape index (κ2) is 8.94. The monoisotopic (exact) mass is 375 g/mol. The topological polar surface area (TPSA) is 64.6 Å². The maximum Gasteiger partial charge on any atom is 0.336 e. The van der Waals surface area contributed by atoms with E-state index in [-0.39, 0.29) is 30.1 Å². The summed E-state index contributed by atoms with van der Waals surface area (Å²) in [6, 6.07) is 0. The number of nitrogens with one attached hydrogen (secondary N) is 1. The quantitative estimate of drug-likeness (QED) is 0.732. The lowest BCUT2D eigenvalue weighted by Crippen LogP contribution is -2.35. The SMILES string of the molecule is CC1=C(C(=O)OC2CCCCC2)C(C)C(C(=O)OC2CCCCC2)=C(C)N1. The van der Waals surface area contributed by atoms with E-state index in [9.17, 15) is 9.59 Å². The van der Waals surface area contributed by atoms with E-state index in [0.717, 1.165) is 62.8 Å². The summed E-state index contributed by atoms with van der Waals surface area (Å²) >= 11 is 0. The van der Waals surface area contributed by atoms with Crippen LogP contribution < -0.4 is 5.32 Å². The van der Waals surface area contributed by atoms with E-state index in [1.54, 1.807) is 0 Å². The molecule has 2 aliphatic carbocycles. The first-order chi connectivity index (χ1) is 13.0. The first-order valence-electron chi connectivity index (χ1n) is 10.6. The Hall–Kier alpha value is -1.78. The van der Waals surface area contributed by atoms with Gasteiger partial charge in [0.2, 0.25) is 0 Å². The van der Waals surface area contributed by atoms with Gasteiger partial charge in [0.25, 0.3) is 0 Å². The minimum atomic E-state index is -0.321. The third kappa shape index (κ3) is 4.74. The van der Waals surface area contributed by atoms with Crippen molar-refractivity contribution in [3.63, 3.8) is 0 Å². The predicted molar refractivity (Wildman–Crippen MR) is 104 cm³/mol. The molecule has 3 rings (SSSR count). The van der Waals surface area contributed by atoms with E-state index in [1.165, 1.54) is 12.8 Å². The molecule has 0 aromatic heterocycles. The lowest BCUT2D eigenvalue weighted by atomic mass is 9.86. The van der Waals surface area contributed by atoms with Crippen LogP contribution in [0.4, 0.5) is 0 Å². The minimum absolute atomic E-state index is 0.00314. The molecule has 0 radical (unpaired) electrons. The average molecular weight is 376 g/mol. The number of rotatable bonds is 4. The molecule has 2 fully saturated rings. The fraction of sp³-hybridized carbons (Fsp3) is 0.727. The summed E-state index contributed by atoms with van der Waals surface area (Å²) in [5, 5.41) is 3.20. The zero-order chi connectivity index (χ0) is 19.4. The number of allylic oxidation sites excluding steroid dienone is 2. The molecule has 27 heavy (non-hydrogen) atoms. The molecule has 5 nitrogen and oxygen atoms in total. The highest BCUT2D eigenvalue weighted by Crippen LogP contribution is 2.33. The molecule has 0 spiro atoms. The van der Waals surface area contributed by atoms with Crippen LogP contribution in [0, 0.1) is 5.92 Å². The maximum absolute atomic E-state index is 12.9. The lowest BCUT2D eigenvalue weighted by molar-refractivity contribution is -0.147. The van der Waals surface area contributed by atoms with Gasteiger partial charge in [0, 0.05) is 17.3 Å². The third-order valence-corrected chi connectivity index (χ3v) is 6.14. The Balaban J connectivity index is 1.69. The van der Waals surface area contributed by atoms with E-state index < -0.39 is 0 Å². The number of esters is 2. The summed E-state index contributed by atoms with van der Waals surface area (Å²) in [4.78, 5) is 25.7. The van der Waals surface area contributed by atoms with Crippen LogP contribution in [0.5, 0.6) is 0 Å². The van der Waals surface area contributed by atoms with Gasteiger partial charge >= 0.3 is 11.9 Å². The summed E-state index contributed by atoms with van der Waals surface area (Å²) in [6.07, 6.45) is 10.6. The highest BCUT2D eigenvalue weighted by atomic mass is 16.5. The van der Waals surface area contributed by atoms with Gasteiger partial charge in [0.05, 0.1) is 11.1 Å². The van der Waals surface area contributed by atoms with Crippen molar-refractivity contribution in [3.05, 3.63) is 22.5 Å². The van der Waals surface area contributed by atoms with Gasteiger partial charge in [-0.05, 0) is 65.2 Å². The number of hydrogen-bond donors (Lipinski definition) is 1. The van der Waals surface area contributed by atoms with Crippen molar-refractivity contribution in [1.29, 1.82) is 0 Å². The van der Waals surface area contributed by atoms with Crippen molar-refractivity contribution in [1.82, 2.24) is 5.32 Å². The Labute approximate surface area is 162 Å². The van der Waals surface area contributed by atoms with E-state index in [2.05, 4.69) is 5.32 Å². The molecule has 0 amide bonds. The molecule has 0 aromatic rings. The van der Waals surface area contributed by atoms with Crippen molar-refractivity contribution in [2.75, 3.05) is 0 Å². The van der Waals surface area contributed by atoms with Crippen molar-refractivity contribution < 1.29 is 19.1 Å². The van der Waals surface area contributed by atoms with Crippen LogP contribution in [0.1, 0.15) is 85.0 Å². The van der Waals surface area contributed by atoms with Gasteiger partial charge in [0.1, 0.15) is 12.2 Å². The normalized spacial score (nSPS) is 23.2. The Bertz CT molecular complexity index is 583. The zero-order valence-electron chi connectivity index (χ0n) is 16.9. The lowest BCUT2D eigenvalue weighted by Gasteiger charge is -2.31. The first-order valence-corrected chi connectivity index (χ1v) is 10.6. The Morgan fingerprint density at radius 1 is 0.741 bits per heavy atom. The van der Waals surface area contributed by atoms with Crippen LogP contribution >= 0.6 is 0 Å². The summed E-state index contributed by atoms with van der Waals surface area (Å²) in [5.41, 5.74) is 2.66. The van der Waals surface area contributed by atoms with Crippen LogP contribution in [0.25, 0.3) is 0 Å². The molecule has 0 atom stereocenters. The highest BCUT2D eigenvalue weighted by Gasteiger charge is 2.35. The summed E-state index contributed by atoms with van der Waals surface area (Å²) in [7, 11) is 0. The second-order valence-electron chi connectivity index (χ2n) is 8.25. The fourth-order valence-electron chi connectivity index (χ4n) is 4.67. The van der Waals surface area contributed by atoms with Gasteiger partial charge < -0.3 is 14.8 Å². The standard InChI is InChI=1S/C22H33NO4/c1-14-19(21(24)26-17-10-6-4-7-11-17)15(2)23-16(3)20(14)22(25)27-18-12-8-5-9-13-18/h14,17-18,23H,4-13H2,1-3H3. The Morgan fingerprint density at radius 3 is 1.48 bits per heavy atom. The molecule has 0 saturated heterocycles. The van der Waals surface area contributed by atoms with Crippen molar-refractivity contribution >= 4 is 11.9 Å². The molecule has 5 heteroatoms. The molecule has 1 heterocycles. The molecular formula is C22H33NO4. The Morgan fingerprint density at radius 2 is 1.11 bits per heavy atom. The van der Waals surface area contributed by atoms with Gasteiger partial charge in [-0.2, -0.15) is 0 Å². The average Bonchev–Trinajstić information content (AvgIpc) is 2.63. The maximum atomic E-state index is 12.9. The fourth-order valence-corrected chi connectivity index (χ4v) is 4.67. The predicted octanol–water partition coefficient (Wildman–Crippen LogP) is 4.53. The largest absolute Gasteiger partial charge is 0.459 e. The highest BCUT2D eigenvalue weighted by molar-refractivity contribution is 5.97. The minimum Gasteiger partial charge on any atom is -0.459 e. The van der Waals surface area contributed by atoms with Gasteiger partial charge in [0.15, 0.2) is 0 Å². The molecule has 3 aliphatic rings. The molecule has 1 aliphatic heterocycles. The second-order valence-corrected chi connectivity index (χ2v) is 8.25. The van der Waals surface area contributed by atoms with Crippen LogP contribution in [0.3, 0.4) is 0 Å². The number of hydrogen-bond acceptors (Lipinski definition) is 5. The smallest absolute Gasteiger partial charge is 0.336 e. The van der Waals surface area contributed by atoms with Gasteiger partial charge in [-0.15, -0.1) is 0 Å². The molecule has 1 N–H and O–H groups in total. The molecular weight excluding hydrogens is 342 g/mol. The van der Waals surface area contributed by atoms with E-state index in [1.807, 2.05) is 20.8 Å². The molecule has 0 unspecified atom stereocenters. The van der Waals surface area contributed by atoms with E-state index in [4.69, 9.17) is 9.47 Å². The third-order valence-electron chi connectivity index (χ3n) is 6.14. The number of dihydropyridines is 1. The molecule has 0 aromatic carbocycles. The first kappa shape index (κ1) is 20.0. The van der Waals surface area contributed by atoms with E-state index in [0.29, 0.717) is 11.1 Å². The van der Waals surface area contributed by atoms with Crippen LogP contribution in [0.2, 0.25) is 0 Å². The number of carbonyl (C=O) groups is 2. The molecule has 0 bridgehead atoms. The van der Waals surface area contributed by atoms with Crippen LogP contribution in [-0.2, 0) is 19.1 Å². The van der Waals surface area contributed by atoms with Crippen molar-refractivity contribution in [3.8, 4) is 0 Å². The summed E-state index contributed by atoms with van der Waals surface area (Å²) < 4.78 is 11.5. The van der Waals surface area contributed by atoms with Crippen molar-refractivity contribution in [2.45, 2.75) is 97.2 Å². The van der Waals surface area contributed by atoms with Gasteiger partial charge in [-0.25, -0.2) is 9.59 Å². The van der Waals surface area contributed by atoms with Gasteiger partial charge in [-0.1, -0.05) is 19.8 Å². The van der Waals surface area contributed by atoms with Crippen LogP contribution in [0.15, 0.2) is 22.5 Å². The van der Waals surface area contributed by atoms with Crippen LogP contribution in [-0.4, -0.2) is 24.1 Å². The summed E-state index contributed by atoms with van der Waals surface area (Å²) in [6.45, 7) is 5.66. The Kier molecular flexibility index (Phi) is 6.61. The number of carbonyl (C=O) groups excluding carboxylic acids is 2. The van der Waals surface area contributed by atoms with Crippen molar-refractivity contribution in [2.24, 2.45) is 5.92 Å². The van der Waals surface area contributed by atoms with E-state index >= 15 is 0 Å². The zero-order valence-corrected chi connectivity index (χ0v) is 16.9. The van der Waals surface area contributed by atoms with Gasteiger partial charge in [-0.3, -0.25) is 0 Å².